The van der Waals surface area contributed by atoms with E-state index in [1.807, 2.05) is 20.8 Å². The first kappa shape index (κ1) is 14.3. The summed E-state index contributed by atoms with van der Waals surface area (Å²) in [5.41, 5.74) is -0.418. The van der Waals surface area contributed by atoms with Crippen molar-refractivity contribution in [2.75, 3.05) is 13.1 Å². The van der Waals surface area contributed by atoms with Gasteiger partial charge in [0.15, 0.2) is 0 Å². The average Bonchev–Trinajstić information content (AvgIpc) is 2.24. The van der Waals surface area contributed by atoms with E-state index in [2.05, 4.69) is 17.6 Å². The van der Waals surface area contributed by atoms with E-state index >= 15 is 0 Å². The van der Waals surface area contributed by atoms with Gasteiger partial charge >= 0.3 is 6.09 Å². The van der Waals surface area contributed by atoms with E-state index < -0.39 is 5.60 Å². The molecule has 2 atom stereocenters. The molecule has 0 aromatic rings. The third-order valence-corrected chi connectivity index (χ3v) is 3.07. The van der Waals surface area contributed by atoms with Gasteiger partial charge in [-0.15, -0.1) is 0 Å². The minimum Gasteiger partial charge on any atom is -0.444 e. The number of alkyl carbamates (subject to hydrolysis) is 1. The molecule has 1 aliphatic heterocycles. The average molecular weight is 242 g/mol. The first-order valence-electron chi connectivity index (χ1n) is 6.62. The Balaban J connectivity index is 2.31. The molecule has 0 aromatic heterocycles. The molecule has 1 fully saturated rings. The molecule has 4 heteroatoms. The number of carbonyl (C=O) groups is 1. The van der Waals surface area contributed by atoms with Crippen LogP contribution in [0.3, 0.4) is 0 Å². The fourth-order valence-corrected chi connectivity index (χ4v) is 2.27. The molecule has 0 bridgehead atoms. The van der Waals surface area contributed by atoms with Gasteiger partial charge in [-0.1, -0.05) is 6.92 Å². The van der Waals surface area contributed by atoms with Gasteiger partial charge in [-0.2, -0.15) is 0 Å². The molecular weight excluding hydrogens is 216 g/mol. The second-order valence-corrected chi connectivity index (χ2v) is 5.75. The first-order chi connectivity index (χ1) is 7.92. The Bertz CT molecular complexity index is 248. The normalized spacial score (nSPS) is 25.4. The summed E-state index contributed by atoms with van der Waals surface area (Å²) in [7, 11) is 0. The molecule has 0 saturated carbocycles. The minimum absolute atomic E-state index is 0.307. The molecule has 0 spiro atoms. The van der Waals surface area contributed by atoms with Crippen molar-refractivity contribution in [1.82, 2.24) is 10.6 Å². The second-order valence-electron chi connectivity index (χ2n) is 5.75. The molecule has 17 heavy (non-hydrogen) atoms. The van der Waals surface area contributed by atoms with Crippen LogP contribution in [0.5, 0.6) is 0 Å². The van der Waals surface area contributed by atoms with Crippen molar-refractivity contribution in [1.29, 1.82) is 0 Å². The van der Waals surface area contributed by atoms with Gasteiger partial charge in [-0.05, 0) is 52.5 Å². The summed E-state index contributed by atoms with van der Waals surface area (Å²) in [5.74, 6) is 0.529. The maximum absolute atomic E-state index is 11.5. The predicted octanol–water partition coefficient (Wildman–Crippen LogP) is 2.29. The smallest absolute Gasteiger partial charge is 0.407 e. The summed E-state index contributed by atoms with van der Waals surface area (Å²) < 4.78 is 5.23. The largest absolute Gasteiger partial charge is 0.444 e. The Kier molecular flexibility index (Phi) is 5.25. The summed E-state index contributed by atoms with van der Waals surface area (Å²) in [6.07, 6.45) is 3.18. The lowest BCUT2D eigenvalue weighted by molar-refractivity contribution is 0.0511. The molecule has 1 aliphatic rings. The molecule has 1 heterocycles. The maximum Gasteiger partial charge on any atom is 0.407 e. The van der Waals surface area contributed by atoms with E-state index in [0.717, 1.165) is 13.0 Å². The van der Waals surface area contributed by atoms with E-state index in [0.29, 0.717) is 18.5 Å². The lowest BCUT2D eigenvalue weighted by atomic mass is 9.89. The van der Waals surface area contributed by atoms with Gasteiger partial charge in [0.05, 0.1) is 0 Å². The van der Waals surface area contributed by atoms with Crippen molar-refractivity contribution in [3.8, 4) is 0 Å². The van der Waals surface area contributed by atoms with Crippen molar-refractivity contribution < 1.29 is 9.53 Å². The van der Waals surface area contributed by atoms with E-state index in [-0.39, 0.29) is 6.09 Å². The van der Waals surface area contributed by atoms with E-state index in [9.17, 15) is 4.79 Å². The lowest BCUT2D eigenvalue weighted by Gasteiger charge is -2.32. The third kappa shape index (κ3) is 5.39. The molecular formula is C13H26N2O2. The highest BCUT2D eigenvalue weighted by Gasteiger charge is 2.24. The molecule has 100 valence electrons. The van der Waals surface area contributed by atoms with Crippen LogP contribution in [-0.4, -0.2) is 30.8 Å². The second kappa shape index (κ2) is 6.24. The Morgan fingerprint density at radius 1 is 1.47 bits per heavy atom. The Labute approximate surface area is 104 Å². The summed E-state index contributed by atoms with van der Waals surface area (Å²) in [4.78, 5) is 11.5. The molecule has 4 nitrogen and oxygen atoms in total. The number of amides is 1. The predicted molar refractivity (Wildman–Crippen MR) is 69.0 cm³/mol. The number of hydrogen-bond acceptors (Lipinski definition) is 3. The molecule has 0 radical (unpaired) electrons. The van der Waals surface area contributed by atoms with Gasteiger partial charge in [0.2, 0.25) is 0 Å². The van der Waals surface area contributed by atoms with Gasteiger partial charge in [0.25, 0.3) is 0 Å². The molecule has 0 aliphatic carbocycles. The van der Waals surface area contributed by atoms with Crippen LogP contribution >= 0.6 is 0 Å². The molecule has 1 amide bonds. The van der Waals surface area contributed by atoms with Gasteiger partial charge in [0, 0.05) is 12.6 Å². The highest BCUT2D eigenvalue weighted by Crippen LogP contribution is 2.18. The van der Waals surface area contributed by atoms with Crippen LogP contribution in [0.25, 0.3) is 0 Å². The number of piperidine rings is 1. The maximum atomic E-state index is 11.5. The number of hydrogen-bond donors (Lipinski definition) is 2. The molecule has 2 N–H and O–H groups in total. The summed E-state index contributed by atoms with van der Waals surface area (Å²) in [6.45, 7) is 9.63. The number of carbonyl (C=O) groups excluding carboxylic acids is 1. The first-order valence-corrected chi connectivity index (χ1v) is 6.62. The van der Waals surface area contributed by atoms with Crippen LogP contribution in [-0.2, 0) is 4.74 Å². The lowest BCUT2D eigenvalue weighted by Crippen LogP contribution is -2.46. The fraction of sp³-hybridized carbons (Fsp3) is 0.923. The zero-order valence-electron chi connectivity index (χ0n) is 11.5. The van der Waals surface area contributed by atoms with Gasteiger partial charge in [-0.25, -0.2) is 4.79 Å². The van der Waals surface area contributed by atoms with Crippen LogP contribution in [0.15, 0.2) is 0 Å². The van der Waals surface area contributed by atoms with Crippen molar-refractivity contribution in [2.45, 2.75) is 58.6 Å². The zero-order chi connectivity index (χ0) is 12.9. The molecule has 2 unspecified atom stereocenters. The minimum atomic E-state index is -0.418. The summed E-state index contributed by atoms with van der Waals surface area (Å²) >= 11 is 0. The molecule has 0 aromatic carbocycles. The Morgan fingerprint density at radius 2 is 2.18 bits per heavy atom. The van der Waals surface area contributed by atoms with Gasteiger partial charge < -0.3 is 15.4 Å². The van der Waals surface area contributed by atoms with Crippen LogP contribution in [0.2, 0.25) is 0 Å². The SMILES string of the molecule is CCC1NCCCC1CNC(=O)OC(C)(C)C. The van der Waals surface area contributed by atoms with E-state index in [4.69, 9.17) is 4.74 Å². The van der Waals surface area contributed by atoms with Crippen LogP contribution in [0.4, 0.5) is 4.79 Å². The Hall–Kier alpha value is -0.770. The topological polar surface area (TPSA) is 50.4 Å². The van der Waals surface area contributed by atoms with Gasteiger partial charge in [-0.3, -0.25) is 0 Å². The quantitative estimate of drug-likeness (QED) is 0.798. The monoisotopic (exact) mass is 242 g/mol. The Morgan fingerprint density at radius 3 is 2.76 bits per heavy atom. The van der Waals surface area contributed by atoms with E-state index in [1.54, 1.807) is 0 Å². The van der Waals surface area contributed by atoms with Crippen LogP contribution < -0.4 is 10.6 Å². The van der Waals surface area contributed by atoms with Crippen molar-refractivity contribution >= 4 is 6.09 Å². The van der Waals surface area contributed by atoms with Crippen molar-refractivity contribution in [3.05, 3.63) is 0 Å². The third-order valence-electron chi connectivity index (χ3n) is 3.07. The van der Waals surface area contributed by atoms with Crippen LogP contribution in [0, 0.1) is 5.92 Å². The van der Waals surface area contributed by atoms with Crippen molar-refractivity contribution in [3.63, 3.8) is 0 Å². The van der Waals surface area contributed by atoms with E-state index in [1.165, 1.54) is 12.8 Å². The molecule has 1 saturated heterocycles. The summed E-state index contributed by atoms with van der Waals surface area (Å²) in [5, 5.41) is 6.37. The number of rotatable bonds is 3. The fourth-order valence-electron chi connectivity index (χ4n) is 2.27. The standard InChI is InChI=1S/C13H26N2O2/c1-5-11-10(7-6-8-14-11)9-15-12(16)17-13(2,3)4/h10-11,14H,5-9H2,1-4H3,(H,15,16). The number of ether oxygens (including phenoxy) is 1. The highest BCUT2D eigenvalue weighted by atomic mass is 16.6. The molecule has 1 rings (SSSR count). The summed E-state index contributed by atoms with van der Waals surface area (Å²) in [6, 6.07) is 0.527. The highest BCUT2D eigenvalue weighted by molar-refractivity contribution is 5.67. The van der Waals surface area contributed by atoms with Crippen LogP contribution in [0.1, 0.15) is 47.0 Å². The number of nitrogens with one attached hydrogen (secondary N) is 2. The van der Waals surface area contributed by atoms with Crippen molar-refractivity contribution in [2.24, 2.45) is 5.92 Å². The van der Waals surface area contributed by atoms with Gasteiger partial charge in [0.1, 0.15) is 5.60 Å². The zero-order valence-corrected chi connectivity index (χ0v) is 11.5.